The second-order valence-electron chi connectivity index (χ2n) is 6.08. The van der Waals surface area contributed by atoms with Crippen LogP contribution in [0.4, 0.5) is 0 Å². The van der Waals surface area contributed by atoms with Gasteiger partial charge in [-0.1, -0.05) is 0 Å². The van der Waals surface area contributed by atoms with Crippen molar-refractivity contribution in [3.63, 3.8) is 0 Å². The standard InChI is InChI=1S/C14H27N3O/c1-15-14(12-2-3-12)11-16-5-4-13(10-16)17-6-8-18-9-7-17/h12-15H,2-11H2,1H3. The molecule has 1 saturated carbocycles. The molecule has 3 aliphatic rings. The molecule has 3 fully saturated rings. The Morgan fingerprint density at radius 3 is 2.61 bits per heavy atom. The SMILES string of the molecule is CNC(CN1CCC(N2CCOCC2)C1)C1CC1. The number of nitrogens with zero attached hydrogens (tertiary/aromatic N) is 2. The highest BCUT2D eigenvalue weighted by atomic mass is 16.5. The van der Waals surface area contributed by atoms with Crippen LogP contribution in [0, 0.1) is 5.92 Å². The average molecular weight is 253 g/mol. The summed E-state index contributed by atoms with van der Waals surface area (Å²) in [5.41, 5.74) is 0. The molecule has 0 aromatic rings. The van der Waals surface area contributed by atoms with Crippen LogP contribution in [-0.4, -0.2) is 74.9 Å². The first-order valence-electron chi connectivity index (χ1n) is 7.58. The predicted molar refractivity (Wildman–Crippen MR) is 72.8 cm³/mol. The number of likely N-dealkylation sites (tertiary alicyclic amines) is 1. The molecular formula is C14H27N3O. The normalized spacial score (nSPS) is 32.8. The van der Waals surface area contributed by atoms with Gasteiger partial charge >= 0.3 is 0 Å². The molecule has 2 heterocycles. The zero-order valence-electron chi connectivity index (χ0n) is 11.6. The van der Waals surface area contributed by atoms with Crippen molar-refractivity contribution in [1.82, 2.24) is 15.1 Å². The first kappa shape index (κ1) is 12.9. The van der Waals surface area contributed by atoms with Crippen LogP contribution in [0.5, 0.6) is 0 Å². The molecule has 0 amide bonds. The van der Waals surface area contributed by atoms with Crippen molar-refractivity contribution in [2.75, 3.05) is 53.0 Å². The highest BCUT2D eigenvalue weighted by Crippen LogP contribution is 2.33. The van der Waals surface area contributed by atoms with Gasteiger partial charge in [-0.3, -0.25) is 4.90 Å². The van der Waals surface area contributed by atoms with Gasteiger partial charge in [0.15, 0.2) is 0 Å². The van der Waals surface area contributed by atoms with Crippen LogP contribution < -0.4 is 5.32 Å². The maximum Gasteiger partial charge on any atom is 0.0594 e. The van der Waals surface area contributed by atoms with E-state index < -0.39 is 0 Å². The fourth-order valence-corrected chi connectivity index (χ4v) is 3.47. The van der Waals surface area contributed by atoms with E-state index in [0.717, 1.165) is 44.3 Å². The van der Waals surface area contributed by atoms with E-state index in [9.17, 15) is 0 Å². The van der Waals surface area contributed by atoms with Gasteiger partial charge in [-0.25, -0.2) is 0 Å². The van der Waals surface area contributed by atoms with E-state index in [0.29, 0.717) is 0 Å². The number of hydrogen-bond donors (Lipinski definition) is 1. The fraction of sp³-hybridized carbons (Fsp3) is 1.00. The lowest BCUT2D eigenvalue weighted by molar-refractivity contribution is 0.0183. The van der Waals surface area contributed by atoms with Gasteiger partial charge in [0, 0.05) is 38.3 Å². The molecule has 2 saturated heterocycles. The van der Waals surface area contributed by atoms with Gasteiger partial charge in [-0.05, 0) is 38.8 Å². The highest BCUT2D eigenvalue weighted by Gasteiger charge is 2.34. The monoisotopic (exact) mass is 253 g/mol. The molecule has 18 heavy (non-hydrogen) atoms. The van der Waals surface area contributed by atoms with Crippen molar-refractivity contribution in [2.45, 2.75) is 31.3 Å². The summed E-state index contributed by atoms with van der Waals surface area (Å²) in [6.07, 6.45) is 4.22. The summed E-state index contributed by atoms with van der Waals surface area (Å²) >= 11 is 0. The highest BCUT2D eigenvalue weighted by molar-refractivity contribution is 4.91. The van der Waals surface area contributed by atoms with Crippen LogP contribution >= 0.6 is 0 Å². The third-order valence-corrected chi connectivity index (χ3v) is 4.83. The number of hydrogen-bond acceptors (Lipinski definition) is 4. The van der Waals surface area contributed by atoms with E-state index in [1.54, 1.807) is 0 Å². The van der Waals surface area contributed by atoms with E-state index in [1.807, 2.05) is 0 Å². The number of likely N-dealkylation sites (N-methyl/N-ethyl adjacent to an activating group) is 1. The van der Waals surface area contributed by atoms with E-state index in [1.165, 1.54) is 38.9 Å². The Kier molecular flexibility index (Phi) is 4.19. The minimum atomic E-state index is 0.730. The smallest absolute Gasteiger partial charge is 0.0594 e. The Hall–Kier alpha value is -0.160. The molecule has 1 aliphatic carbocycles. The van der Waals surface area contributed by atoms with Crippen molar-refractivity contribution in [1.29, 1.82) is 0 Å². The second kappa shape index (κ2) is 5.87. The minimum Gasteiger partial charge on any atom is -0.379 e. The molecule has 0 aromatic carbocycles. The van der Waals surface area contributed by atoms with Gasteiger partial charge in [-0.15, -0.1) is 0 Å². The molecule has 0 bridgehead atoms. The summed E-state index contributed by atoms with van der Waals surface area (Å²) < 4.78 is 5.44. The number of rotatable bonds is 5. The maximum absolute atomic E-state index is 5.44. The summed E-state index contributed by atoms with van der Waals surface area (Å²) in [5, 5.41) is 3.51. The summed E-state index contributed by atoms with van der Waals surface area (Å²) in [7, 11) is 2.12. The third-order valence-electron chi connectivity index (χ3n) is 4.83. The molecule has 4 heteroatoms. The van der Waals surface area contributed by atoms with Crippen LogP contribution in [0.3, 0.4) is 0 Å². The van der Waals surface area contributed by atoms with Crippen molar-refractivity contribution >= 4 is 0 Å². The van der Waals surface area contributed by atoms with E-state index in [-0.39, 0.29) is 0 Å². The molecule has 2 atom stereocenters. The molecule has 1 N–H and O–H groups in total. The molecule has 104 valence electrons. The van der Waals surface area contributed by atoms with Gasteiger partial charge in [0.25, 0.3) is 0 Å². The molecule has 0 radical (unpaired) electrons. The minimum absolute atomic E-state index is 0.730. The Balaban J connectivity index is 1.45. The van der Waals surface area contributed by atoms with Crippen LogP contribution in [0.25, 0.3) is 0 Å². The fourth-order valence-electron chi connectivity index (χ4n) is 3.47. The average Bonchev–Trinajstić information content (AvgIpc) is 3.16. The molecule has 3 rings (SSSR count). The van der Waals surface area contributed by atoms with Gasteiger partial charge in [-0.2, -0.15) is 0 Å². The van der Waals surface area contributed by atoms with Gasteiger partial charge in [0.2, 0.25) is 0 Å². The van der Waals surface area contributed by atoms with Crippen LogP contribution in [0.2, 0.25) is 0 Å². The number of morpholine rings is 1. The van der Waals surface area contributed by atoms with E-state index in [4.69, 9.17) is 4.74 Å². The third kappa shape index (κ3) is 3.05. The van der Waals surface area contributed by atoms with Crippen LogP contribution in [0.1, 0.15) is 19.3 Å². The zero-order valence-corrected chi connectivity index (χ0v) is 11.6. The van der Waals surface area contributed by atoms with E-state index in [2.05, 4.69) is 22.2 Å². The first-order valence-corrected chi connectivity index (χ1v) is 7.58. The van der Waals surface area contributed by atoms with Gasteiger partial charge in [0.1, 0.15) is 0 Å². The van der Waals surface area contributed by atoms with Gasteiger partial charge < -0.3 is 15.0 Å². The molecule has 0 aromatic heterocycles. The van der Waals surface area contributed by atoms with Crippen LogP contribution in [0.15, 0.2) is 0 Å². The number of nitrogens with one attached hydrogen (secondary N) is 1. The molecule has 2 unspecified atom stereocenters. The van der Waals surface area contributed by atoms with Gasteiger partial charge in [0.05, 0.1) is 13.2 Å². The summed E-state index contributed by atoms with van der Waals surface area (Å²) in [5.74, 6) is 0.956. The van der Waals surface area contributed by atoms with Crippen molar-refractivity contribution in [3.05, 3.63) is 0 Å². The quantitative estimate of drug-likeness (QED) is 0.767. The second-order valence-corrected chi connectivity index (χ2v) is 6.08. The summed E-state index contributed by atoms with van der Waals surface area (Å²) in [6, 6.07) is 1.51. The van der Waals surface area contributed by atoms with E-state index >= 15 is 0 Å². The lowest BCUT2D eigenvalue weighted by Gasteiger charge is -2.32. The number of ether oxygens (including phenoxy) is 1. The largest absolute Gasteiger partial charge is 0.379 e. The Morgan fingerprint density at radius 2 is 1.94 bits per heavy atom. The zero-order chi connectivity index (χ0) is 12.4. The molecule has 4 nitrogen and oxygen atoms in total. The Labute approximate surface area is 111 Å². The molecule has 2 aliphatic heterocycles. The lowest BCUT2D eigenvalue weighted by atomic mass is 10.2. The maximum atomic E-state index is 5.44. The summed E-state index contributed by atoms with van der Waals surface area (Å²) in [6.45, 7) is 7.93. The van der Waals surface area contributed by atoms with Crippen LogP contribution in [-0.2, 0) is 4.74 Å². The summed E-state index contributed by atoms with van der Waals surface area (Å²) in [4.78, 5) is 5.30. The Bertz CT molecular complexity index is 264. The van der Waals surface area contributed by atoms with Crippen molar-refractivity contribution in [3.8, 4) is 0 Å². The molecule has 0 spiro atoms. The first-order chi connectivity index (χ1) is 8.86. The Morgan fingerprint density at radius 1 is 1.17 bits per heavy atom. The molecular weight excluding hydrogens is 226 g/mol. The van der Waals surface area contributed by atoms with Crippen molar-refractivity contribution < 1.29 is 4.74 Å². The lowest BCUT2D eigenvalue weighted by Crippen LogP contribution is -2.46. The predicted octanol–water partition coefficient (Wildman–Crippen LogP) is 0.391. The topological polar surface area (TPSA) is 27.7 Å². The van der Waals surface area contributed by atoms with Crippen molar-refractivity contribution in [2.24, 2.45) is 5.92 Å².